The van der Waals surface area contributed by atoms with Crippen molar-refractivity contribution < 1.29 is 4.39 Å². The molecule has 0 spiro atoms. The standard InChI is InChI=1S/C10H8ClFN2/c1-13-10-7-2-3-8(11)9(12)6(7)4-5-14-10/h2-5H,1H3,(H,13,14). The number of fused-ring (bicyclic) bond motifs is 1. The van der Waals surface area contributed by atoms with E-state index < -0.39 is 5.82 Å². The maximum atomic E-state index is 13.5. The second-order valence-corrected chi connectivity index (χ2v) is 3.27. The molecule has 1 N–H and O–H groups in total. The Balaban J connectivity index is 2.86. The predicted octanol–water partition coefficient (Wildman–Crippen LogP) is 3.07. The van der Waals surface area contributed by atoms with Gasteiger partial charge in [-0.3, -0.25) is 0 Å². The molecule has 0 saturated heterocycles. The quantitative estimate of drug-likeness (QED) is 0.783. The van der Waals surface area contributed by atoms with Crippen molar-refractivity contribution in [2.75, 3.05) is 12.4 Å². The topological polar surface area (TPSA) is 24.9 Å². The summed E-state index contributed by atoms with van der Waals surface area (Å²) < 4.78 is 13.5. The van der Waals surface area contributed by atoms with E-state index >= 15 is 0 Å². The minimum atomic E-state index is -0.400. The van der Waals surface area contributed by atoms with Crippen molar-refractivity contribution in [2.24, 2.45) is 0 Å². The van der Waals surface area contributed by atoms with Crippen LogP contribution in [-0.4, -0.2) is 12.0 Å². The van der Waals surface area contributed by atoms with Crippen LogP contribution in [0, 0.1) is 5.82 Å². The number of nitrogens with one attached hydrogen (secondary N) is 1. The highest BCUT2D eigenvalue weighted by Gasteiger charge is 2.07. The lowest BCUT2D eigenvalue weighted by Gasteiger charge is -2.05. The zero-order valence-electron chi connectivity index (χ0n) is 7.51. The molecule has 0 amide bonds. The maximum absolute atomic E-state index is 13.5. The van der Waals surface area contributed by atoms with Crippen molar-refractivity contribution in [3.05, 3.63) is 35.2 Å². The van der Waals surface area contributed by atoms with Crippen LogP contribution in [0.2, 0.25) is 5.02 Å². The van der Waals surface area contributed by atoms with Gasteiger partial charge in [-0.05, 0) is 18.2 Å². The van der Waals surface area contributed by atoms with Crippen LogP contribution in [0.1, 0.15) is 0 Å². The summed E-state index contributed by atoms with van der Waals surface area (Å²) in [5, 5.41) is 4.24. The van der Waals surface area contributed by atoms with Crippen molar-refractivity contribution in [1.82, 2.24) is 4.98 Å². The smallest absolute Gasteiger partial charge is 0.149 e. The van der Waals surface area contributed by atoms with Crippen molar-refractivity contribution in [3.8, 4) is 0 Å². The predicted molar refractivity (Wildman–Crippen MR) is 56.3 cm³/mol. The number of halogens is 2. The van der Waals surface area contributed by atoms with Crippen LogP contribution >= 0.6 is 11.6 Å². The Labute approximate surface area is 85.7 Å². The van der Waals surface area contributed by atoms with E-state index in [9.17, 15) is 4.39 Å². The van der Waals surface area contributed by atoms with E-state index in [0.717, 1.165) is 5.39 Å². The molecule has 0 aliphatic rings. The molecular weight excluding hydrogens is 203 g/mol. The molecule has 0 radical (unpaired) electrons. The molecule has 0 aliphatic heterocycles. The molecule has 0 atom stereocenters. The fourth-order valence-corrected chi connectivity index (χ4v) is 1.56. The number of benzene rings is 1. The summed E-state index contributed by atoms with van der Waals surface area (Å²) in [5.74, 6) is 0.251. The van der Waals surface area contributed by atoms with Gasteiger partial charge in [0.15, 0.2) is 0 Å². The summed E-state index contributed by atoms with van der Waals surface area (Å²) in [6.07, 6.45) is 1.55. The Bertz CT molecular complexity index is 485. The average molecular weight is 211 g/mol. The number of hydrogen-bond donors (Lipinski definition) is 1. The summed E-state index contributed by atoms with van der Waals surface area (Å²) in [6.45, 7) is 0. The summed E-state index contributed by atoms with van der Waals surface area (Å²) in [6, 6.07) is 4.89. The lowest BCUT2D eigenvalue weighted by Crippen LogP contribution is -1.94. The fraction of sp³-hybridized carbons (Fsp3) is 0.100. The summed E-state index contributed by atoms with van der Waals surface area (Å²) in [7, 11) is 1.74. The number of nitrogens with zero attached hydrogens (tertiary/aromatic N) is 1. The van der Waals surface area contributed by atoms with Crippen molar-refractivity contribution >= 4 is 28.2 Å². The highest BCUT2D eigenvalue weighted by molar-refractivity contribution is 6.31. The molecule has 1 aromatic carbocycles. The second kappa shape index (κ2) is 3.42. The highest BCUT2D eigenvalue weighted by Crippen LogP contribution is 2.27. The molecule has 0 bridgehead atoms. The molecule has 2 rings (SSSR count). The Hall–Kier alpha value is -1.35. The Morgan fingerprint density at radius 3 is 2.79 bits per heavy atom. The summed E-state index contributed by atoms with van der Waals surface area (Å²) >= 11 is 5.67. The third kappa shape index (κ3) is 1.30. The number of pyridine rings is 1. The maximum Gasteiger partial charge on any atom is 0.149 e. The first-order valence-corrected chi connectivity index (χ1v) is 4.52. The molecule has 1 aromatic heterocycles. The monoisotopic (exact) mass is 210 g/mol. The first kappa shape index (κ1) is 9.21. The molecule has 0 unspecified atom stereocenters. The fourth-order valence-electron chi connectivity index (χ4n) is 1.39. The number of rotatable bonds is 1. The molecular formula is C10H8ClFN2. The Kier molecular flexibility index (Phi) is 2.25. The van der Waals surface area contributed by atoms with Gasteiger partial charge in [0.05, 0.1) is 5.02 Å². The molecule has 72 valence electrons. The largest absolute Gasteiger partial charge is 0.373 e. The Morgan fingerprint density at radius 1 is 1.29 bits per heavy atom. The average Bonchev–Trinajstić information content (AvgIpc) is 2.23. The molecule has 2 nitrogen and oxygen atoms in total. The van der Waals surface area contributed by atoms with Gasteiger partial charge in [-0.15, -0.1) is 0 Å². The van der Waals surface area contributed by atoms with E-state index in [1.807, 2.05) is 0 Å². The zero-order valence-corrected chi connectivity index (χ0v) is 8.27. The van der Waals surface area contributed by atoms with Crippen LogP contribution in [0.5, 0.6) is 0 Å². The van der Waals surface area contributed by atoms with Crippen molar-refractivity contribution in [1.29, 1.82) is 0 Å². The number of hydrogen-bond acceptors (Lipinski definition) is 2. The molecule has 1 heterocycles. The van der Waals surface area contributed by atoms with Gasteiger partial charge in [0.1, 0.15) is 11.6 Å². The van der Waals surface area contributed by atoms with Gasteiger partial charge >= 0.3 is 0 Å². The van der Waals surface area contributed by atoms with E-state index in [1.165, 1.54) is 6.07 Å². The summed E-state index contributed by atoms with van der Waals surface area (Å²) in [5.41, 5.74) is 0. The van der Waals surface area contributed by atoms with Gasteiger partial charge in [0, 0.05) is 24.0 Å². The third-order valence-electron chi connectivity index (χ3n) is 2.07. The lowest BCUT2D eigenvalue weighted by atomic mass is 10.1. The van der Waals surface area contributed by atoms with Gasteiger partial charge < -0.3 is 5.32 Å². The van der Waals surface area contributed by atoms with Gasteiger partial charge in [-0.1, -0.05) is 11.6 Å². The Morgan fingerprint density at radius 2 is 2.07 bits per heavy atom. The zero-order chi connectivity index (χ0) is 10.1. The normalized spacial score (nSPS) is 10.5. The lowest BCUT2D eigenvalue weighted by molar-refractivity contribution is 0.640. The van der Waals surface area contributed by atoms with E-state index in [-0.39, 0.29) is 5.02 Å². The van der Waals surface area contributed by atoms with E-state index in [2.05, 4.69) is 10.3 Å². The molecule has 2 aromatic rings. The summed E-state index contributed by atoms with van der Waals surface area (Å²) in [4.78, 5) is 4.08. The molecule has 4 heteroatoms. The molecule has 0 aliphatic carbocycles. The number of anilines is 1. The molecule has 14 heavy (non-hydrogen) atoms. The molecule has 0 saturated carbocycles. The van der Waals surface area contributed by atoms with Gasteiger partial charge in [-0.2, -0.15) is 0 Å². The van der Waals surface area contributed by atoms with E-state index in [1.54, 1.807) is 25.4 Å². The minimum Gasteiger partial charge on any atom is -0.373 e. The van der Waals surface area contributed by atoms with Crippen molar-refractivity contribution in [3.63, 3.8) is 0 Å². The first-order chi connectivity index (χ1) is 6.74. The van der Waals surface area contributed by atoms with Gasteiger partial charge in [0.25, 0.3) is 0 Å². The van der Waals surface area contributed by atoms with Crippen LogP contribution in [0.4, 0.5) is 10.2 Å². The SMILES string of the molecule is CNc1nccc2c(F)c(Cl)ccc12. The highest BCUT2D eigenvalue weighted by atomic mass is 35.5. The minimum absolute atomic E-state index is 0.130. The van der Waals surface area contributed by atoms with Crippen LogP contribution in [0.15, 0.2) is 24.4 Å². The third-order valence-corrected chi connectivity index (χ3v) is 2.36. The van der Waals surface area contributed by atoms with Crippen molar-refractivity contribution in [2.45, 2.75) is 0 Å². The van der Waals surface area contributed by atoms with E-state index in [0.29, 0.717) is 11.2 Å². The first-order valence-electron chi connectivity index (χ1n) is 4.14. The van der Waals surface area contributed by atoms with Crippen LogP contribution < -0.4 is 5.32 Å². The van der Waals surface area contributed by atoms with Gasteiger partial charge in [0.2, 0.25) is 0 Å². The van der Waals surface area contributed by atoms with Crippen LogP contribution in [0.25, 0.3) is 10.8 Å². The number of aromatic nitrogens is 1. The van der Waals surface area contributed by atoms with Crippen LogP contribution in [0.3, 0.4) is 0 Å². The molecule has 0 fully saturated rings. The van der Waals surface area contributed by atoms with Crippen LogP contribution in [-0.2, 0) is 0 Å². The van der Waals surface area contributed by atoms with Gasteiger partial charge in [-0.25, -0.2) is 9.37 Å². The second-order valence-electron chi connectivity index (χ2n) is 2.87. The van der Waals surface area contributed by atoms with E-state index in [4.69, 9.17) is 11.6 Å².